The second kappa shape index (κ2) is 4.43. The topological polar surface area (TPSA) is 12.5 Å². The Bertz CT molecular complexity index is 154. The summed E-state index contributed by atoms with van der Waals surface area (Å²) in [5.74, 6) is 1.93. The second-order valence-corrected chi connectivity index (χ2v) is 4.58. The van der Waals surface area contributed by atoms with E-state index in [-0.39, 0.29) is 0 Å². The first kappa shape index (κ1) is 9.47. The molecule has 2 atom stereocenters. The number of hydrogen-bond acceptors (Lipinski definition) is 2. The Morgan fingerprint density at radius 1 is 1.23 bits per heavy atom. The van der Waals surface area contributed by atoms with Crippen LogP contribution in [0.15, 0.2) is 0 Å². The molecule has 0 bridgehead atoms. The van der Waals surface area contributed by atoms with Gasteiger partial charge < -0.3 is 4.74 Å². The number of ether oxygens (including phenoxy) is 1. The van der Waals surface area contributed by atoms with Gasteiger partial charge in [0.25, 0.3) is 0 Å². The summed E-state index contributed by atoms with van der Waals surface area (Å²) in [4.78, 5) is 2.58. The summed E-state index contributed by atoms with van der Waals surface area (Å²) in [5.41, 5.74) is 0. The van der Waals surface area contributed by atoms with Gasteiger partial charge in [0.2, 0.25) is 0 Å². The highest BCUT2D eigenvalue weighted by atomic mass is 16.5. The number of rotatable bonds is 2. The molecule has 2 rings (SSSR count). The molecule has 1 aliphatic heterocycles. The largest absolute Gasteiger partial charge is 0.379 e. The molecule has 0 spiro atoms. The lowest BCUT2D eigenvalue weighted by molar-refractivity contribution is 0.0283. The minimum atomic E-state index is 0.946. The summed E-state index contributed by atoms with van der Waals surface area (Å²) in [7, 11) is 0. The third kappa shape index (κ3) is 2.44. The van der Waals surface area contributed by atoms with Gasteiger partial charge in [-0.1, -0.05) is 19.8 Å². The van der Waals surface area contributed by atoms with Gasteiger partial charge >= 0.3 is 0 Å². The normalized spacial score (nSPS) is 36.7. The fourth-order valence-electron chi connectivity index (χ4n) is 2.61. The quantitative estimate of drug-likeness (QED) is 0.647. The van der Waals surface area contributed by atoms with Crippen LogP contribution in [0.4, 0.5) is 0 Å². The standard InChI is InChI=1S/C11H21NO/c1-10-3-2-4-11(10)9-12-5-7-13-8-6-12/h10-11H,2-9H2,1H3. The fourth-order valence-corrected chi connectivity index (χ4v) is 2.61. The molecule has 1 heterocycles. The van der Waals surface area contributed by atoms with Crippen molar-refractivity contribution < 1.29 is 4.74 Å². The molecule has 2 unspecified atom stereocenters. The van der Waals surface area contributed by atoms with Crippen LogP contribution in [0.2, 0.25) is 0 Å². The Balaban J connectivity index is 1.75. The maximum Gasteiger partial charge on any atom is 0.0594 e. The molecule has 0 N–H and O–H groups in total. The van der Waals surface area contributed by atoms with E-state index in [0.717, 1.165) is 38.1 Å². The molecule has 2 nitrogen and oxygen atoms in total. The van der Waals surface area contributed by atoms with Crippen LogP contribution >= 0.6 is 0 Å². The lowest BCUT2D eigenvalue weighted by Crippen LogP contribution is -2.39. The molecule has 2 fully saturated rings. The Morgan fingerprint density at radius 2 is 2.00 bits per heavy atom. The Labute approximate surface area is 81.3 Å². The predicted molar refractivity (Wildman–Crippen MR) is 53.8 cm³/mol. The first-order valence-corrected chi connectivity index (χ1v) is 5.66. The van der Waals surface area contributed by atoms with E-state index in [1.165, 1.54) is 25.8 Å². The third-order valence-electron chi connectivity index (χ3n) is 3.64. The van der Waals surface area contributed by atoms with Crippen LogP contribution in [0.3, 0.4) is 0 Å². The molecule has 1 saturated carbocycles. The van der Waals surface area contributed by atoms with Crippen LogP contribution in [0.5, 0.6) is 0 Å². The van der Waals surface area contributed by atoms with Crippen molar-refractivity contribution in [3.8, 4) is 0 Å². The number of hydrogen-bond donors (Lipinski definition) is 0. The van der Waals surface area contributed by atoms with Crippen molar-refractivity contribution in [3.05, 3.63) is 0 Å². The minimum absolute atomic E-state index is 0.946. The highest BCUT2D eigenvalue weighted by molar-refractivity contribution is 4.78. The van der Waals surface area contributed by atoms with Crippen molar-refractivity contribution in [1.82, 2.24) is 4.90 Å². The monoisotopic (exact) mass is 183 g/mol. The average molecular weight is 183 g/mol. The van der Waals surface area contributed by atoms with Crippen LogP contribution in [0, 0.1) is 11.8 Å². The van der Waals surface area contributed by atoms with Crippen LogP contribution in [-0.4, -0.2) is 37.7 Å². The van der Waals surface area contributed by atoms with E-state index in [1.807, 2.05) is 0 Å². The summed E-state index contributed by atoms with van der Waals surface area (Å²) in [6.07, 6.45) is 4.36. The first-order valence-electron chi connectivity index (χ1n) is 5.66. The van der Waals surface area contributed by atoms with Gasteiger partial charge in [0, 0.05) is 19.6 Å². The summed E-state index contributed by atoms with van der Waals surface area (Å²) in [5, 5.41) is 0. The van der Waals surface area contributed by atoms with Gasteiger partial charge in [-0.2, -0.15) is 0 Å². The maximum absolute atomic E-state index is 5.35. The Morgan fingerprint density at radius 3 is 2.62 bits per heavy atom. The lowest BCUT2D eigenvalue weighted by Gasteiger charge is -2.30. The Hall–Kier alpha value is -0.0800. The van der Waals surface area contributed by atoms with E-state index in [1.54, 1.807) is 0 Å². The molecule has 2 aliphatic rings. The minimum Gasteiger partial charge on any atom is -0.379 e. The number of morpholine rings is 1. The van der Waals surface area contributed by atoms with Crippen LogP contribution < -0.4 is 0 Å². The molecule has 76 valence electrons. The lowest BCUT2D eigenvalue weighted by atomic mass is 9.97. The smallest absolute Gasteiger partial charge is 0.0594 e. The van der Waals surface area contributed by atoms with Gasteiger partial charge in [0.1, 0.15) is 0 Å². The molecule has 1 saturated heterocycles. The molecule has 0 aromatic carbocycles. The molecule has 0 aromatic rings. The van der Waals surface area contributed by atoms with Crippen LogP contribution in [-0.2, 0) is 4.74 Å². The molecule has 0 radical (unpaired) electrons. The molecular weight excluding hydrogens is 162 g/mol. The third-order valence-corrected chi connectivity index (χ3v) is 3.64. The highest BCUT2D eigenvalue weighted by Crippen LogP contribution is 2.31. The molecule has 13 heavy (non-hydrogen) atoms. The van der Waals surface area contributed by atoms with Crippen LogP contribution in [0.25, 0.3) is 0 Å². The average Bonchev–Trinajstić information content (AvgIpc) is 2.54. The van der Waals surface area contributed by atoms with Crippen molar-refractivity contribution in [2.24, 2.45) is 11.8 Å². The first-order chi connectivity index (χ1) is 6.36. The van der Waals surface area contributed by atoms with E-state index >= 15 is 0 Å². The molecule has 0 amide bonds. The molecule has 1 aliphatic carbocycles. The fraction of sp³-hybridized carbons (Fsp3) is 1.00. The highest BCUT2D eigenvalue weighted by Gasteiger charge is 2.25. The molecule has 2 heteroatoms. The maximum atomic E-state index is 5.35. The van der Waals surface area contributed by atoms with Crippen molar-refractivity contribution in [2.75, 3.05) is 32.8 Å². The van der Waals surface area contributed by atoms with E-state index < -0.39 is 0 Å². The van der Waals surface area contributed by atoms with E-state index in [4.69, 9.17) is 4.74 Å². The van der Waals surface area contributed by atoms with Gasteiger partial charge in [0.05, 0.1) is 13.2 Å². The van der Waals surface area contributed by atoms with Gasteiger partial charge in [-0.15, -0.1) is 0 Å². The molecular formula is C11H21NO. The molecule has 0 aromatic heterocycles. The summed E-state index contributed by atoms with van der Waals surface area (Å²) in [6, 6.07) is 0. The van der Waals surface area contributed by atoms with E-state index in [2.05, 4.69) is 11.8 Å². The summed E-state index contributed by atoms with van der Waals surface area (Å²) < 4.78 is 5.35. The van der Waals surface area contributed by atoms with Gasteiger partial charge in [-0.3, -0.25) is 4.90 Å². The SMILES string of the molecule is CC1CCCC1CN1CCOCC1. The Kier molecular flexibility index (Phi) is 3.23. The van der Waals surface area contributed by atoms with Gasteiger partial charge in [-0.25, -0.2) is 0 Å². The van der Waals surface area contributed by atoms with Crippen molar-refractivity contribution >= 4 is 0 Å². The van der Waals surface area contributed by atoms with Gasteiger partial charge in [-0.05, 0) is 18.3 Å². The second-order valence-electron chi connectivity index (χ2n) is 4.58. The van der Waals surface area contributed by atoms with E-state index in [9.17, 15) is 0 Å². The zero-order chi connectivity index (χ0) is 9.10. The summed E-state index contributed by atoms with van der Waals surface area (Å²) >= 11 is 0. The number of nitrogens with zero attached hydrogens (tertiary/aromatic N) is 1. The predicted octanol–water partition coefficient (Wildman–Crippen LogP) is 1.75. The van der Waals surface area contributed by atoms with Crippen molar-refractivity contribution in [1.29, 1.82) is 0 Å². The van der Waals surface area contributed by atoms with Crippen LogP contribution in [0.1, 0.15) is 26.2 Å². The van der Waals surface area contributed by atoms with Gasteiger partial charge in [0.15, 0.2) is 0 Å². The summed E-state index contributed by atoms with van der Waals surface area (Å²) in [6.45, 7) is 7.94. The zero-order valence-corrected chi connectivity index (χ0v) is 8.67. The van der Waals surface area contributed by atoms with E-state index in [0.29, 0.717) is 0 Å². The van der Waals surface area contributed by atoms with Crippen molar-refractivity contribution in [3.63, 3.8) is 0 Å². The zero-order valence-electron chi connectivity index (χ0n) is 8.67. The van der Waals surface area contributed by atoms with Crippen molar-refractivity contribution in [2.45, 2.75) is 26.2 Å².